The molecule has 3 N–H and O–H groups in total. The Labute approximate surface area is 173 Å². The topological polar surface area (TPSA) is 63.2 Å². The predicted octanol–water partition coefficient (Wildman–Crippen LogP) is 0.511. The van der Waals surface area contributed by atoms with Gasteiger partial charge in [-0.1, -0.05) is 48.5 Å². The zero-order valence-corrected chi connectivity index (χ0v) is 17.3. The van der Waals surface area contributed by atoms with E-state index < -0.39 is 12.1 Å². The van der Waals surface area contributed by atoms with Crippen LogP contribution in [-0.4, -0.2) is 19.2 Å². The summed E-state index contributed by atoms with van der Waals surface area (Å²) in [6.07, 6.45) is -0.270. The van der Waals surface area contributed by atoms with Crippen molar-refractivity contribution in [1.29, 1.82) is 0 Å². The van der Waals surface area contributed by atoms with Crippen LogP contribution in [-0.2, 0) is 22.5 Å². The molecule has 3 aromatic carbocycles. The molecule has 0 amide bonds. The molecule has 0 bridgehead atoms. The first-order chi connectivity index (χ1) is 12.6. The van der Waals surface area contributed by atoms with Crippen molar-refractivity contribution in [3.8, 4) is 5.75 Å². The first-order valence-electron chi connectivity index (χ1n) is 8.41. The number of esters is 1. The van der Waals surface area contributed by atoms with Crippen molar-refractivity contribution in [3.05, 3.63) is 76.3 Å². The van der Waals surface area contributed by atoms with Crippen molar-refractivity contribution in [2.24, 2.45) is 0 Å². The van der Waals surface area contributed by atoms with Crippen molar-refractivity contribution in [1.82, 2.24) is 0 Å². The molecule has 6 heteroatoms. The van der Waals surface area contributed by atoms with Crippen molar-refractivity contribution in [3.63, 3.8) is 0 Å². The molecule has 0 fully saturated rings. The van der Waals surface area contributed by atoms with Crippen molar-refractivity contribution in [2.45, 2.75) is 19.1 Å². The average Bonchev–Trinajstić information content (AvgIpc) is 2.69. The van der Waals surface area contributed by atoms with E-state index in [0.717, 1.165) is 27.4 Å². The molecule has 0 radical (unpaired) electrons. The normalized spacial score (nSPS) is 11.5. The van der Waals surface area contributed by atoms with E-state index in [1.807, 2.05) is 54.6 Å². The summed E-state index contributed by atoms with van der Waals surface area (Å²) in [5, 5.41) is 2.13. The molecule has 0 aliphatic heterocycles. The van der Waals surface area contributed by atoms with E-state index in [9.17, 15) is 4.79 Å². The van der Waals surface area contributed by atoms with E-state index in [2.05, 4.69) is 27.7 Å². The van der Waals surface area contributed by atoms with E-state index >= 15 is 0 Å². The summed E-state index contributed by atoms with van der Waals surface area (Å²) in [4.78, 5) is 12.2. The largest absolute Gasteiger partial charge is 1.00 e. The van der Waals surface area contributed by atoms with E-state index in [4.69, 9.17) is 9.47 Å². The lowest BCUT2D eigenvalue weighted by Gasteiger charge is -2.19. The molecule has 0 aromatic heterocycles. The standard InChI is InChI=1S/C21H20BrNO3.ClH/c1-25-21(24)19(12-14-5-3-2-4-6-14)26-18-10-8-16-11-15(13-23)7-9-17(16)20(18)22;/h2-11,19H,12-13,23H2,1H3;1H. The van der Waals surface area contributed by atoms with Crippen LogP contribution in [0, 0.1) is 0 Å². The zero-order valence-electron chi connectivity index (χ0n) is 15.0. The zero-order chi connectivity index (χ0) is 18.5. The van der Waals surface area contributed by atoms with Crippen LogP contribution in [0.5, 0.6) is 5.75 Å². The van der Waals surface area contributed by atoms with E-state index in [0.29, 0.717) is 12.2 Å². The van der Waals surface area contributed by atoms with Gasteiger partial charge in [0.15, 0.2) is 6.10 Å². The molecule has 1 unspecified atom stereocenters. The average molecular weight is 451 g/mol. The maximum Gasteiger partial charge on any atom is 0.347 e. The van der Waals surface area contributed by atoms with Crippen LogP contribution in [0.3, 0.4) is 0 Å². The van der Waals surface area contributed by atoms with Gasteiger partial charge in [-0.2, -0.15) is 0 Å². The molecule has 142 valence electrons. The van der Waals surface area contributed by atoms with E-state index in [1.165, 1.54) is 12.7 Å². The minimum Gasteiger partial charge on any atom is -1.00 e. The van der Waals surface area contributed by atoms with E-state index in [-0.39, 0.29) is 12.4 Å². The molecule has 0 heterocycles. The molecule has 0 aliphatic rings. The van der Waals surface area contributed by atoms with Crippen LogP contribution in [0.25, 0.3) is 10.8 Å². The molecule has 3 rings (SSSR count). The molecule has 0 spiro atoms. The van der Waals surface area contributed by atoms with Gasteiger partial charge >= 0.3 is 5.97 Å². The van der Waals surface area contributed by atoms with Gasteiger partial charge in [-0.3, -0.25) is 0 Å². The molecule has 4 nitrogen and oxygen atoms in total. The highest BCUT2D eigenvalue weighted by atomic mass is 79.9. The third-order valence-corrected chi connectivity index (χ3v) is 5.09. The number of carbonyl (C=O) groups is 1. The highest BCUT2D eigenvalue weighted by Crippen LogP contribution is 2.34. The van der Waals surface area contributed by atoms with Crippen LogP contribution in [0.15, 0.2) is 65.1 Å². The number of hydrogen-bond donors (Lipinski definition) is 1. The van der Waals surface area contributed by atoms with Gasteiger partial charge in [0.05, 0.1) is 18.1 Å². The number of methoxy groups -OCH3 is 1. The van der Waals surface area contributed by atoms with Gasteiger partial charge in [0.25, 0.3) is 0 Å². The maximum absolute atomic E-state index is 12.2. The number of rotatable bonds is 6. The van der Waals surface area contributed by atoms with Gasteiger partial charge in [-0.15, -0.1) is 0 Å². The summed E-state index contributed by atoms with van der Waals surface area (Å²) in [5.41, 5.74) is 6.11. The first kappa shape index (κ1) is 21.2. The number of benzene rings is 3. The Bertz CT molecular complexity index is 918. The second-order valence-corrected chi connectivity index (χ2v) is 6.80. The molecule has 0 saturated carbocycles. The van der Waals surface area contributed by atoms with Gasteiger partial charge in [0, 0.05) is 12.0 Å². The van der Waals surface area contributed by atoms with Gasteiger partial charge < -0.3 is 27.6 Å². The molecule has 1 atom stereocenters. The lowest BCUT2D eigenvalue weighted by Crippen LogP contribution is -3.00. The molecule has 27 heavy (non-hydrogen) atoms. The fourth-order valence-electron chi connectivity index (χ4n) is 2.85. The smallest absolute Gasteiger partial charge is 0.347 e. The van der Waals surface area contributed by atoms with Gasteiger partial charge in [-0.25, -0.2) is 4.79 Å². The number of quaternary nitrogens is 1. The number of fused-ring (bicyclic) bond motifs is 1. The fraction of sp³-hybridized carbons (Fsp3) is 0.190. The Morgan fingerprint density at radius 2 is 1.81 bits per heavy atom. The van der Waals surface area contributed by atoms with Crippen LogP contribution in [0.4, 0.5) is 0 Å². The van der Waals surface area contributed by atoms with Gasteiger partial charge in [0.1, 0.15) is 5.75 Å². The van der Waals surface area contributed by atoms with Crippen molar-refractivity contribution in [2.75, 3.05) is 7.11 Å². The lowest BCUT2D eigenvalue weighted by atomic mass is 10.1. The van der Waals surface area contributed by atoms with Crippen LogP contribution >= 0.6 is 15.9 Å². The molecule has 0 saturated heterocycles. The molecular weight excluding hydrogens is 430 g/mol. The Morgan fingerprint density at radius 3 is 2.48 bits per heavy atom. The third-order valence-electron chi connectivity index (χ3n) is 4.27. The predicted molar refractivity (Wildman–Crippen MR) is 105 cm³/mol. The van der Waals surface area contributed by atoms with Crippen LogP contribution in [0.1, 0.15) is 11.1 Å². The van der Waals surface area contributed by atoms with E-state index in [1.54, 1.807) is 0 Å². The highest BCUT2D eigenvalue weighted by molar-refractivity contribution is 9.10. The Kier molecular flexibility index (Phi) is 7.66. The summed E-state index contributed by atoms with van der Waals surface area (Å²) in [5.74, 6) is 0.222. The molecule has 3 aromatic rings. The van der Waals surface area contributed by atoms with Crippen LogP contribution in [0.2, 0.25) is 0 Å². The summed E-state index contributed by atoms with van der Waals surface area (Å²) < 4.78 is 11.8. The monoisotopic (exact) mass is 449 g/mol. The Balaban J connectivity index is 0.00000261. The Morgan fingerprint density at radius 1 is 1.07 bits per heavy atom. The SMILES string of the molecule is COC(=O)C(Cc1ccccc1)Oc1ccc2cc(C[NH3+])ccc2c1Br.[Cl-]. The highest BCUT2D eigenvalue weighted by Gasteiger charge is 2.23. The molecule has 0 aliphatic carbocycles. The summed E-state index contributed by atoms with van der Waals surface area (Å²) in [7, 11) is 1.37. The van der Waals surface area contributed by atoms with Gasteiger partial charge in [0.2, 0.25) is 0 Å². The number of carbonyl (C=O) groups excluding carboxylic acids is 1. The van der Waals surface area contributed by atoms with Crippen LogP contribution < -0.4 is 22.9 Å². The Hall–Kier alpha value is -2.08. The summed E-state index contributed by atoms with van der Waals surface area (Å²) >= 11 is 3.62. The second kappa shape index (κ2) is 9.74. The van der Waals surface area contributed by atoms with Crippen molar-refractivity contribution < 1.29 is 32.4 Å². The first-order valence-corrected chi connectivity index (χ1v) is 9.20. The fourth-order valence-corrected chi connectivity index (χ4v) is 3.44. The minimum atomic E-state index is -0.713. The second-order valence-electron chi connectivity index (χ2n) is 6.00. The minimum absolute atomic E-state index is 0. The number of hydrogen-bond acceptors (Lipinski definition) is 3. The molecular formula is C21H21BrClNO3. The quantitative estimate of drug-likeness (QED) is 0.557. The maximum atomic E-state index is 12.2. The summed E-state index contributed by atoms with van der Waals surface area (Å²) in [6, 6.07) is 19.8. The lowest BCUT2D eigenvalue weighted by molar-refractivity contribution is -0.386. The number of halogens is 2. The summed E-state index contributed by atoms with van der Waals surface area (Å²) in [6.45, 7) is 0.743. The van der Waals surface area contributed by atoms with Gasteiger partial charge in [-0.05, 0) is 44.4 Å². The third kappa shape index (κ3) is 5.01. The number of ether oxygens (including phenoxy) is 2. The van der Waals surface area contributed by atoms with Crippen molar-refractivity contribution >= 4 is 32.7 Å².